The van der Waals surface area contributed by atoms with Gasteiger partial charge in [-0.15, -0.1) is 5.10 Å². The molecular formula is C9H16N4. The van der Waals surface area contributed by atoms with Crippen LogP contribution in [0.3, 0.4) is 0 Å². The van der Waals surface area contributed by atoms with E-state index in [-0.39, 0.29) is 0 Å². The molecule has 72 valence electrons. The highest BCUT2D eigenvalue weighted by Crippen LogP contribution is 2.19. The molecule has 1 unspecified atom stereocenters. The Morgan fingerprint density at radius 2 is 2.38 bits per heavy atom. The van der Waals surface area contributed by atoms with Gasteiger partial charge in [-0.25, -0.2) is 0 Å². The van der Waals surface area contributed by atoms with Crippen LogP contribution in [0.1, 0.15) is 37.4 Å². The van der Waals surface area contributed by atoms with E-state index in [1.54, 1.807) is 4.68 Å². The van der Waals surface area contributed by atoms with Crippen LogP contribution in [0.4, 0.5) is 0 Å². The maximum Gasteiger partial charge on any atom is 0.0996 e. The van der Waals surface area contributed by atoms with Crippen molar-refractivity contribution in [3.63, 3.8) is 0 Å². The minimum atomic E-state index is 0.427. The molecule has 0 aliphatic carbocycles. The first-order valence-corrected chi connectivity index (χ1v) is 4.96. The SMILES string of the molecule is Cn1cc(C2CCCCCN2)nn1. The Kier molecular flexibility index (Phi) is 2.59. The molecule has 0 saturated carbocycles. The fourth-order valence-electron chi connectivity index (χ4n) is 1.81. The molecule has 1 aromatic heterocycles. The third kappa shape index (κ3) is 2.06. The summed E-state index contributed by atoms with van der Waals surface area (Å²) in [7, 11) is 1.91. The Hall–Kier alpha value is -0.900. The number of aryl methyl sites for hydroxylation is 1. The van der Waals surface area contributed by atoms with Crippen molar-refractivity contribution < 1.29 is 0 Å². The number of nitrogens with zero attached hydrogens (tertiary/aromatic N) is 3. The van der Waals surface area contributed by atoms with Crippen molar-refractivity contribution in [1.29, 1.82) is 0 Å². The maximum atomic E-state index is 4.13. The molecule has 4 nitrogen and oxygen atoms in total. The highest BCUT2D eigenvalue weighted by atomic mass is 15.4. The number of hydrogen-bond donors (Lipinski definition) is 1. The summed E-state index contributed by atoms with van der Waals surface area (Å²) < 4.78 is 1.77. The number of hydrogen-bond acceptors (Lipinski definition) is 3. The first-order valence-electron chi connectivity index (χ1n) is 4.96. The summed E-state index contributed by atoms with van der Waals surface area (Å²) in [6.45, 7) is 1.11. The van der Waals surface area contributed by atoms with Gasteiger partial charge in [-0.05, 0) is 19.4 Å². The molecule has 0 bridgehead atoms. The molecule has 1 aliphatic heterocycles. The lowest BCUT2D eigenvalue weighted by Crippen LogP contribution is -2.20. The van der Waals surface area contributed by atoms with Crippen molar-refractivity contribution in [2.45, 2.75) is 31.7 Å². The zero-order chi connectivity index (χ0) is 9.10. The second-order valence-corrected chi connectivity index (χ2v) is 3.67. The van der Waals surface area contributed by atoms with Crippen molar-refractivity contribution in [2.24, 2.45) is 7.05 Å². The van der Waals surface area contributed by atoms with Crippen LogP contribution in [-0.4, -0.2) is 21.5 Å². The lowest BCUT2D eigenvalue weighted by atomic mass is 10.1. The van der Waals surface area contributed by atoms with Crippen LogP contribution < -0.4 is 5.32 Å². The van der Waals surface area contributed by atoms with Gasteiger partial charge in [0, 0.05) is 13.2 Å². The average Bonchev–Trinajstić information content (AvgIpc) is 2.43. The van der Waals surface area contributed by atoms with E-state index in [1.165, 1.54) is 25.7 Å². The van der Waals surface area contributed by atoms with Gasteiger partial charge in [0.2, 0.25) is 0 Å². The van der Waals surface area contributed by atoms with E-state index < -0.39 is 0 Å². The van der Waals surface area contributed by atoms with Crippen molar-refractivity contribution in [2.75, 3.05) is 6.54 Å². The van der Waals surface area contributed by atoms with E-state index in [4.69, 9.17) is 0 Å². The van der Waals surface area contributed by atoms with Gasteiger partial charge in [0.25, 0.3) is 0 Å². The average molecular weight is 180 g/mol. The summed E-state index contributed by atoms with van der Waals surface area (Å²) >= 11 is 0. The van der Waals surface area contributed by atoms with Gasteiger partial charge in [-0.3, -0.25) is 4.68 Å². The molecule has 4 heteroatoms. The minimum absolute atomic E-state index is 0.427. The maximum absolute atomic E-state index is 4.13. The van der Waals surface area contributed by atoms with Gasteiger partial charge in [0.1, 0.15) is 0 Å². The Morgan fingerprint density at radius 1 is 1.46 bits per heavy atom. The molecule has 13 heavy (non-hydrogen) atoms. The second kappa shape index (κ2) is 3.87. The van der Waals surface area contributed by atoms with Crippen LogP contribution in [0.15, 0.2) is 6.20 Å². The third-order valence-electron chi connectivity index (χ3n) is 2.54. The normalized spacial score (nSPS) is 24.2. The van der Waals surface area contributed by atoms with E-state index in [2.05, 4.69) is 15.6 Å². The molecule has 0 spiro atoms. The van der Waals surface area contributed by atoms with Crippen LogP contribution in [-0.2, 0) is 7.05 Å². The molecule has 1 fully saturated rings. The molecule has 0 amide bonds. The summed E-state index contributed by atoms with van der Waals surface area (Å²) in [5.41, 5.74) is 1.09. The summed E-state index contributed by atoms with van der Waals surface area (Å²) in [5.74, 6) is 0. The first-order chi connectivity index (χ1) is 6.36. The molecule has 1 N–H and O–H groups in total. The van der Waals surface area contributed by atoms with Gasteiger partial charge in [-0.2, -0.15) is 0 Å². The highest BCUT2D eigenvalue weighted by Gasteiger charge is 2.15. The fraction of sp³-hybridized carbons (Fsp3) is 0.778. The molecule has 2 rings (SSSR count). The van der Waals surface area contributed by atoms with E-state index in [0.717, 1.165) is 12.2 Å². The zero-order valence-corrected chi connectivity index (χ0v) is 8.03. The third-order valence-corrected chi connectivity index (χ3v) is 2.54. The standard InChI is InChI=1S/C9H16N4/c1-13-7-9(11-12-13)8-5-3-2-4-6-10-8/h7-8,10H,2-6H2,1H3. The quantitative estimate of drug-likeness (QED) is 0.701. The Labute approximate surface area is 78.3 Å². The Morgan fingerprint density at radius 3 is 3.15 bits per heavy atom. The minimum Gasteiger partial charge on any atom is -0.309 e. The topological polar surface area (TPSA) is 42.7 Å². The molecule has 0 aromatic carbocycles. The van der Waals surface area contributed by atoms with Crippen molar-refractivity contribution in [3.05, 3.63) is 11.9 Å². The molecule has 1 aromatic rings. The first kappa shape index (κ1) is 8.69. The van der Waals surface area contributed by atoms with Gasteiger partial charge in [0.15, 0.2) is 0 Å². The second-order valence-electron chi connectivity index (χ2n) is 3.67. The fourth-order valence-corrected chi connectivity index (χ4v) is 1.81. The summed E-state index contributed by atoms with van der Waals surface area (Å²) in [5, 5.41) is 11.6. The summed E-state index contributed by atoms with van der Waals surface area (Å²) in [6.07, 6.45) is 7.12. The predicted molar refractivity (Wildman–Crippen MR) is 50.2 cm³/mol. The van der Waals surface area contributed by atoms with Gasteiger partial charge >= 0.3 is 0 Å². The molecule has 0 radical (unpaired) electrons. The number of rotatable bonds is 1. The van der Waals surface area contributed by atoms with Gasteiger partial charge < -0.3 is 5.32 Å². The Bertz CT molecular complexity index is 260. The molecule has 1 saturated heterocycles. The van der Waals surface area contributed by atoms with Gasteiger partial charge in [0.05, 0.1) is 11.7 Å². The number of aromatic nitrogens is 3. The van der Waals surface area contributed by atoms with Crippen molar-refractivity contribution >= 4 is 0 Å². The molecular weight excluding hydrogens is 164 g/mol. The lowest BCUT2D eigenvalue weighted by Gasteiger charge is -2.11. The monoisotopic (exact) mass is 180 g/mol. The smallest absolute Gasteiger partial charge is 0.0996 e. The highest BCUT2D eigenvalue weighted by molar-refractivity contribution is 5.00. The van der Waals surface area contributed by atoms with E-state index in [1.807, 2.05) is 13.2 Å². The van der Waals surface area contributed by atoms with Gasteiger partial charge in [-0.1, -0.05) is 18.1 Å². The lowest BCUT2D eigenvalue weighted by molar-refractivity contribution is 0.521. The Balaban J connectivity index is 2.06. The number of nitrogens with one attached hydrogen (secondary N) is 1. The van der Waals surface area contributed by atoms with Crippen LogP contribution in [0.25, 0.3) is 0 Å². The summed E-state index contributed by atoms with van der Waals surface area (Å²) in [6, 6.07) is 0.427. The van der Waals surface area contributed by atoms with Crippen LogP contribution >= 0.6 is 0 Å². The van der Waals surface area contributed by atoms with Crippen molar-refractivity contribution in [3.8, 4) is 0 Å². The zero-order valence-electron chi connectivity index (χ0n) is 8.03. The van der Waals surface area contributed by atoms with E-state index in [0.29, 0.717) is 6.04 Å². The van der Waals surface area contributed by atoms with Crippen LogP contribution in [0.5, 0.6) is 0 Å². The molecule has 1 aliphatic rings. The summed E-state index contributed by atoms with van der Waals surface area (Å²) in [4.78, 5) is 0. The van der Waals surface area contributed by atoms with Crippen LogP contribution in [0, 0.1) is 0 Å². The van der Waals surface area contributed by atoms with Crippen LogP contribution in [0.2, 0.25) is 0 Å². The molecule has 1 atom stereocenters. The largest absolute Gasteiger partial charge is 0.309 e. The van der Waals surface area contributed by atoms with Crippen molar-refractivity contribution in [1.82, 2.24) is 20.3 Å². The van der Waals surface area contributed by atoms with E-state index >= 15 is 0 Å². The predicted octanol–water partition coefficient (Wildman–Crippen LogP) is 1.02. The van der Waals surface area contributed by atoms with E-state index in [9.17, 15) is 0 Å². The molecule has 2 heterocycles.